The first kappa shape index (κ1) is 12.7. The minimum absolute atomic E-state index is 0.759. The smallest absolute Gasteiger partial charge is 0.0505 e. The lowest BCUT2D eigenvalue weighted by Crippen LogP contribution is -2.43. The van der Waals surface area contributed by atoms with Gasteiger partial charge in [-0.3, -0.25) is 4.90 Å². The molecule has 0 aromatic heterocycles. The van der Waals surface area contributed by atoms with Gasteiger partial charge in [-0.15, -0.1) is 0 Å². The number of piperazine rings is 1. The number of benzene rings is 1. The van der Waals surface area contributed by atoms with Crippen LogP contribution in [0.5, 0.6) is 0 Å². The zero-order valence-corrected chi connectivity index (χ0v) is 11.7. The first-order valence-electron chi connectivity index (χ1n) is 5.80. The number of nitrogens with zero attached hydrogens (tertiary/aromatic N) is 2. The summed E-state index contributed by atoms with van der Waals surface area (Å²) in [6, 6.07) is 3.82. The third kappa shape index (κ3) is 3.12. The SMILES string of the molecule is CN1CCN(Cc2cc(N)cc(Br)c2N)CC1. The summed E-state index contributed by atoms with van der Waals surface area (Å²) in [5.41, 5.74) is 14.6. The van der Waals surface area contributed by atoms with Crippen LogP contribution in [-0.2, 0) is 6.54 Å². The van der Waals surface area contributed by atoms with Crippen LogP contribution in [0.25, 0.3) is 0 Å². The Kier molecular flexibility index (Phi) is 3.91. The second-order valence-electron chi connectivity index (χ2n) is 4.65. The maximum Gasteiger partial charge on any atom is 0.0505 e. The molecular weight excluding hydrogens is 280 g/mol. The molecule has 0 spiro atoms. The molecule has 4 nitrogen and oxygen atoms in total. The molecule has 17 heavy (non-hydrogen) atoms. The number of hydrogen-bond donors (Lipinski definition) is 2. The topological polar surface area (TPSA) is 58.5 Å². The highest BCUT2D eigenvalue weighted by Gasteiger charge is 2.15. The highest BCUT2D eigenvalue weighted by Crippen LogP contribution is 2.27. The first-order valence-corrected chi connectivity index (χ1v) is 6.60. The Bertz CT molecular complexity index is 400. The molecule has 0 saturated carbocycles. The van der Waals surface area contributed by atoms with Crippen LogP contribution in [0.1, 0.15) is 5.56 Å². The van der Waals surface area contributed by atoms with Crippen molar-refractivity contribution < 1.29 is 0 Å². The zero-order valence-electron chi connectivity index (χ0n) is 10.1. The minimum Gasteiger partial charge on any atom is -0.399 e. The molecular formula is C12H19BrN4. The molecule has 2 rings (SSSR count). The summed E-state index contributed by atoms with van der Waals surface area (Å²) >= 11 is 3.44. The molecule has 1 heterocycles. The minimum atomic E-state index is 0.759. The Morgan fingerprint density at radius 3 is 2.47 bits per heavy atom. The van der Waals surface area contributed by atoms with E-state index in [1.807, 2.05) is 12.1 Å². The maximum atomic E-state index is 6.06. The van der Waals surface area contributed by atoms with E-state index in [1.165, 1.54) is 0 Å². The van der Waals surface area contributed by atoms with Gasteiger partial charge in [0.1, 0.15) is 0 Å². The molecule has 0 atom stereocenters. The van der Waals surface area contributed by atoms with Crippen molar-refractivity contribution in [3.8, 4) is 0 Å². The molecule has 1 fully saturated rings. The van der Waals surface area contributed by atoms with Crippen LogP contribution in [0.2, 0.25) is 0 Å². The van der Waals surface area contributed by atoms with E-state index in [4.69, 9.17) is 11.5 Å². The van der Waals surface area contributed by atoms with Crippen molar-refractivity contribution in [1.82, 2.24) is 9.80 Å². The van der Waals surface area contributed by atoms with Gasteiger partial charge in [-0.1, -0.05) is 0 Å². The van der Waals surface area contributed by atoms with E-state index < -0.39 is 0 Å². The van der Waals surface area contributed by atoms with Gasteiger partial charge >= 0.3 is 0 Å². The number of nitrogens with two attached hydrogens (primary N) is 2. The summed E-state index contributed by atoms with van der Waals surface area (Å²) in [4.78, 5) is 4.76. The van der Waals surface area contributed by atoms with Gasteiger partial charge in [0.2, 0.25) is 0 Å². The van der Waals surface area contributed by atoms with Crippen molar-refractivity contribution >= 4 is 27.3 Å². The molecule has 1 aliphatic rings. The lowest BCUT2D eigenvalue weighted by molar-refractivity contribution is 0.148. The summed E-state index contributed by atoms with van der Waals surface area (Å²) in [5.74, 6) is 0. The van der Waals surface area contributed by atoms with E-state index in [2.05, 4.69) is 32.8 Å². The number of likely N-dealkylation sites (N-methyl/N-ethyl adjacent to an activating group) is 1. The van der Waals surface area contributed by atoms with Gasteiger partial charge in [-0.05, 0) is 40.7 Å². The average Bonchev–Trinajstić information content (AvgIpc) is 2.28. The van der Waals surface area contributed by atoms with Crippen LogP contribution in [0.3, 0.4) is 0 Å². The standard InChI is InChI=1S/C12H19BrN4/c1-16-2-4-17(5-3-16)8-9-6-10(14)7-11(13)12(9)15/h6-7H,2-5,8,14-15H2,1H3. The lowest BCUT2D eigenvalue weighted by Gasteiger charge is -2.32. The fourth-order valence-corrected chi connectivity index (χ4v) is 2.59. The van der Waals surface area contributed by atoms with Crippen LogP contribution >= 0.6 is 15.9 Å². The second kappa shape index (κ2) is 5.25. The van der Waals surface area contributed by atoms with Crippen LogP contribution < -0.4 is 11.5 Å². The Morgan fingerprint density at radius 2 is 1.82 bits per heavy atom. The third-order valence-corrected chi connectivity index (χ3v) is 3.88. The zero-order chi connectivity index (χ0) is 12.4. The van der Waals surface area contributed by atoms with Gasteiger partial charge in [0, 0.05) is 42.9 Å². The first-order chi connectivity index (χ1) is 8.06. The Morgan fingerprint density at radius 1 is 1.18 bits per heavy atom. The van der Waals surface area contributed by atoms with Gasteiger partial charge in [0.15, 0.2) is 0 Å². The lowest BCUT2D eigenvalue weighted by atomic mass is 10.1. The highest BCUT2D eigenvalue weighted by molar-refractivity contribution is 9.10. The molecule has 4 N–H and O–H groups in total. The van der Waals surface area contributed by atoms with E-state index in [-0.39, 0.29) is 0 Å². The fraction of sp³-hybridized carbons (Fsp3) is 0.500. The highest BCUT2D eigenvalue weighted by atomic mass is 79.9. The fourth-order valence-electron chi connectivity index (χ4n) is 2.08. The van der Waals surface area contributed by atoms with Crippen molar-refractivity contribution in [2.75, 3.05) is 44.7 Å². The summed E-state index contributed by atoms with van der Waals surface area (Å²) in [6.07, 6.45) is 0. The Labute approximate surface area is 111 Å². The molecule has 0 radical (unpaired) electrons. The quantitative estimate of drug-likeness (QED) is 0.810. The normalized spacial score (nSPS) is 18.5. The predicted molar refractivity (Wildman–Crippen MR) is 75.7 cm³/mol. The summed E-state index contributed by atoms with van der Waals surface area (Å²) in [7, 11) is 2.16. The summed E-state index contributed by atoms with van der Waals surface area (Å²) < 4.78 is 0.890. The van der Waals surface area contributed by atoms with E-state index in [9.17, 15) is 0 Å². The maximum absolute atomic E-state index is 6.06. The van der Waals surface area contributed by atoms with Crippen LogP contribution in [0.15, 0.2) is 16.6 Å². The molecule has 0 unspecified atom stereocenters. The van der Waals surface area contributed by atoms with Crippen LogP contribution in [0, 0.1) is 0 Å². The molecule has 1 saturated heterocycles. The number of anilines is 2. The Balaban J connectivity index is 2.08. The largest absolute Gasteiger partial charge is 0.399 e. The molecule has 1 aromatic rings. The van der Waals surface area contributed by atoms with E-state index in [0.717, 1.165) is 54.1 Å². The van der Waals surface area contributed by atoms with Crippen LogP contribution in [-0.4, -0.2) is 43.0 Å². The molecule has 0 aliphatic carbocycles. The van der Waals surface area contributed by atoms with Crippen molar-refractivity contribution in [1.29, 1.82) is 0 Å². The molecule has 5 heteroatoms. The summed E-state index contributed by atoms with van der Waals surface area (Å²) in [6.45, 7) is 5.28. The molecule has 1 aromatic carbocycles. The van der Waals surface area contributed by atoms with Gasteiger partial charge < -0.3 is 16.4 Å². The monoisotopic (exact) mass is 298 g/mol. The van der Waals surface area contributed by atoms with Gasteiger partial charge in [-0.2, -0.15) is 0 Å². The average molecular weight is 299 g/mol. The van der Waals surface area contributed by atoms with E-state index in [1.54, 1.807) is 0 Å². The molecule has 94 valence electrons. The second-order valence-corrected chi connectivity index (χ2v) is 5.51. The third-order valence-electron chi connectivity index (χ3n) is 3.23. The van der Waals surface area contributed by atoms with E-state index in [0.29, 0.717) is 0 Å². The number of nitrogen functional groups attached to an aromatic ring is 2. The van der Waals surface area contributed by atoms with E-state index >= 15 is 0 Å². The molecule has 0 bridgehead atoms. The predicted octanol–water partition coefficient (Wildman–Crippen LogP) is 1.36. The number of halogens is 1. The van der Waals surface area contributed by atoms with Gasteiger partial charge in [0.25, 0.3) is 0 Å². The van der Waals surface area contributed by atoms with Crippen molar-refractivity contribution in [2.45, 2.75) is 6.54 Å². The number of hydrogen-bond acceptors (Lipinski definition) is 4. The Hall–Kier alpha value is -0.780. The molecule has 0 amide bonds. The van der Waals surface area contributed by atoms with Gasteiger partial charge in [-0.25, -0.2) is 0 Å². The van der Waals surface area contributed by atoms with Gasteiger partial charge in [0.05, 0.1) is 5.69 Å². The van der Waals surface area contributed by atoms with Crippen LogP contribution in [0.4, 0.5) is 11.4 Å². The van der Waals surface area contributed by atoms with Crippen molar-refractivity contribution in [2.24, 2.45) is 0 Å². The molecule has 1 aliphatic heterocycles. The van der Waals surface area contributed by atoms with Crippen molar-refractivity contribution in [3.63, 3.8) is 0 Å². The van der Waals surface area contributed by atoms with Crippen molar-refractivity contribution in [3.05, 3.63) is 22.2 Å². The number of rotatable bonds is 2. The summed E-state index contributed by atoms with van der Waals surface area (Å²) in [5, 5.41) is 0.